The van der Waals surface area contributed by atoms with E-state index in [2.05, 4.69) is 49.6 Å². The van der Waals surface area contributed by atoms with Crippen LogP contribution in [0.1, 0.15) is 60.9 Å². The van der Waals surface area contributed by atoms with Gasteiger partial charge in [0.1, 0.15) is 0 Å². The van der Waals surface area contributed by atoms with Gasteiger partial charge in [-0.15, -0.1) is 0 Å². The van der Waals surface area contributed by atoms with Crippen LogP contribution in [0, 0.1) is 6.92 Å². The van der Waals surface area contributed by atoms with Gasteiger partial charge in [-0.1, -0.05) is 32.0 Å². The summed E-state index contributed by atoms with van der Waals surface area (Å²) in [7, 11) is 0. The summed E-state index contributed by atoms with van der Waals surface area (Å²) in [5.41, 5.74) is 7.87. The Labute approximate surface area is 127 Å². The fraction of sp³-hybridized carbons (Fsp3) is 0.474. The zero-order valence-electron chi connectivity index (χ0n) is 13.3. The normalized spacial score (nSPS) is 17.8. The minimum absolute atomic E-state index is 0.285. The number of nitrogens with zero attached hydrogens (tertiary/aromatic N) is 1. The van der Waals surface area contributed by atoms with Crippen molar-refractivity contribution in [2.24, 2.45) is 0 Å². The third-order valence-corrected chi connectivity index (χ3v) is 4.76. The zero-order chi connectivity index (χ0) is 15.0. The number of benzene rings is 1. The summed E-state index contributed by atoms with van der Waals surface area (Å²) in [6.45, 7) is 6.60. The van der Waals surface area contributed by atoms with E-state index in [0.29, 0.717) is 0 Å². The van der Waals surface area contributed by atoms with Crippen molar-refractivity contribution >= 4 is 0 Å². The number of rotatable bonds is 3. The van der Waals surface area contributed by atoms with Gasteiger partial charge in [0, 0.05) is 17.0 Å². The molecule has 1 aromatic heterocycles. The smallest absolute Gasteiger partial charge is 0.0807 e. The Morgan fingerprint density at radius 3 is 2.48 bits per heavy atom. The molecule has 0 spiro atoms. The third kappa shape index (κ3) is 2.32. The second-order valence-corrected chi connectivity index (χ2v) is 6.06. The predicted octanol–water partition coefficient (Wildman–Crippen LogP) is 4.28. The Balaban J connectivity index is 2.27. The summed E-state index contributed by atoms with van der Waals surface area (Å²) in [5, 5.41) is 10.3. The maximum Gasteiger partial charge on any atom is 0.0807 e. The quantitative estimate of drug-likeness (QED) is 0.893. The highest BCUT2D eigenvalue weighted by Crippen LogP contribution is 2.35. The van der Waals surface area contributed by atoms with Crippen LogP contribution in [0.25, 0.3) is 5.69 Å². The standard InChI is InChI=1S/C19H25NO/c1-4-14-8-6-9-15(5-2)19(14)20-13(3)12-16-17(20)10-7-11-18(16)21/h6,8-9,12,18,21H,4-5,7,10-11H2,1-3H3. The molecule has 0 saturated carbocycles. The minimum atomic E-state index is -0.285. The number of aromatic nitrogens is 1. The van der Waals surface area contributed by atoms with E-state index in [1.54, 1.807) is 0 Å². The molecule has 0 radical (unpaired) electrons. The molecule has 0 aliphatic heterocycles. The second kappa shape index (κ2) is 5.69. The molecule has 0 fully saturated rings. The van der Waals surface area contributed by atoms with Crippen molar-refractivity contribution < 1.29 is 5.11 Å². The van der Waals surface area contributed by atoms with Gasteiger partial charge in [-0.25, -0.2) is 0 Å². The first-order valence-corrected chi connectivity index (χ1v) is 8.17. The van der Waals surface area contributed by atoms with Gasteiger partial charge in [0.05, 0.1) is 11.8 Å². The molecule has 0 bridgehead atoms. The van der Waals surface area contributed by atoms with Gasteiger partial charge < -0.3 is 9.67 Å². The lowest BCUT2D eigenvalue weighted by Crippen LogP contribution is -2.14. The van der Waals surface area contributed by atoms with Crippen molar-refractivity contribution in [3.8, 4) is 5.69 Å². The first-order valence-electron chi connectivity index (χ1n) is 8.17. The highest BCUT2D eigenvalue weighted by Gasteiger charge is 2.25. The summed E-state index contributed by atoms with van der Waals surface area (Å²) in [6, 6.07) is 8.82. The molecule has 1 aromatic carbocycles. The van der Waals surface area contributed by atoms with Crippen molar-refractivity contribution in [1.29, 1.82) is 0 Å². The van der Waals surface area contributed by atoms with Gasteiger partial charge in [-0.2, -0.15) is 0 Å². The molecule has 0 saturated heterocycles. The summed E-state index contributed by atoms with van der Waals surface area (Å²) >= 11 is 0. The Kier molecular flexibility index (Phi) is 3.90. The minimum Gasteiger partial charge on any atom is -0.388 e. The van der Waals surface area contributed by atoms with Crippen LogP contribution in [0.4, 0.5) is 0 Å². The average molecular weight is 283 g/mol. The molecule has 1 aliphatic rings. The van der Waals surface area contributed by atoms with Crippen LogP contribution in [0.3, 0.4) is 0 Å². The maximum absolute atomic E-state index is 10.3. The van der Waals surface area contributed by atoms with E-state index < -0.39 is 0 Å². The van der Waals surface area contributed by atoms with Crippen LogP contribution < -0.4 is 0 Å². The molecule has 112 valence electrons. The van der Waals surface area contributed by atoms with Gasteiger partial charge in [0.2, 0.25) is 0 Å². The SMILES string of the molecule is CCc1cccc(CC)c1-n1c(C)cc2c1CCCC2O. The lowest BCUT2D eigenvalue weighted by molar-refractivity contribution is 0.156. The van der Waals surface area contributed by atoms with Crippen LogP contribution in [0.15, 0.2) is 24.3 Å². The van der Waals surface area contributed by atoms with E-state index in [1.165, 1.54) is 28.2 Å². The van der Waals surface area contributed by atoms with Gasteiger partial charge in [0.15, 0.2) is 0 Å². The van der Waals surface area contributed by atoms with E-state index in [-0.39, 0.29) is 6.10 Å². The van der Waals surface area contributed by atoms with E-state index in [4.69, 9.17) is 0 Å². The highest BCUT2D eigenvalue weighted by molar-refractivity contribution is 5.53. The number of aliphatic hydroxyl groups is 1. The Hall–Kier alpha value is -1.54. The van der Waals surface area contributed by atoms with Gasteiger partial charge in [-0.3, -0.25) is 0 Å². The first-order chi connectivity index (χ1) is 10.2. The maximum atomic E-state index is 10.3. The van der Waals surface area contributed by atoms with Crippen LogP contribution >= 0.6 is 0 Å². The predicted molar refractivity (Wildman–Crippen MR) is 87.2 cm³/mol. The Morgan fingerprint density at radius 1 is 1.19 bits per heavy atom. The molecule has 1 aliphatic carbocycles. The van der Waals surface area contributed by atoms with E-state index >= 15 is 0 Å². The molecule has 1 heterocycles. The van der Waals surface area contributed by atoms with Crippen LogP contribution in [0.2, 0.25) is 0 Å². The van der Waals surface area contributed by atoms with Gasteiger partial charge in [-0.05, 0) is 56.2 Å². The Morgan fingerprint density at radius 2 is 1.86 bits per heavy atom. The van der Waals surface area contributed by atoms with E-state index in [0.717, 1.165) is 37.7 Å². The molecule has 1 N–H and O–H groups in total. The van der Waals surface area contributed by atoms with Crippen molar-refractivity contribution in [2.45, 2.75) is 59.0 Å². The number of hydrogen-bond acceptors (Lipinski definition) is 1. The molecule has 2 heteroatoms. The molecule has 1 unspecified atom stereocenters. The summed E-state index contributed by atoms with van der Waals surface area (Å²) < 4.78 is 2.41. The van der Waals surface area contributed by atoms with Crippen molar-refractivity contribution in [3.63, 3.8) is 0 Å². The fourth-order valence-electron chi connectivity index (χ4n) is 3.69. The zero-order valence-corrected chi connectivity index (χ0v) is 13.3. The third-order valence-electron chi connectivity index (χ3n) is 4.76. The molecule has 2 aromatic rings. The second-order valence-electron chi connectivity index (χ2n) is 6.06. The molecular weight excluding hydrogens is 258 g/mol. The molecule has 2 nitrogen and oxygen atoms in total. The van der Waals surface area contributed by atoms with E-state index in [9.17, 15) is 5.11 Å². The first kappa shape index (κ1) is 14.4. The van der Waals surface area contributed by atoms with Crippen molar-refractivity contribution in [1.82, 2.24) is 4.57 Å². The lowest BCUT2D eigenvalue weighted by Gasteiger charge is -2.23. The van der Waals surface area contributed by atoms with Crippen molar-refractivity contribution in [2.75, 3.05) is 0 Å². The highest BCUT2D eigenvalue weighted by atomic mass is 16.3. The lowest BCUT2D eigenvalue weighted by atomic mass is 9.94. The molecular formula is C19H25NO. The molecule has 3 rings (SSSR count). The molecule has 21 heavy (non-hydrogen) atoms. The van der Waals surface area contributed by atoms with Gasteiger partial charge in [0.25, 0.3) is 0 Å². The molecule has 0 amide bonds. The monoisotopic (exact) mass is 283 g/mol. The summed E-state index contributed by atoms with van der Waals surface area (Å²) in [5.74, 6) is 0. The Bertz CT molecular complexity index is 632. The number of aryl methyl sites for hydroxylation is 3. The summed E-state index contributed by atoms with van der Waals surface area (Å²) in [4.78, 5) is 0. The number of para-hydroxylation sites is 1. The fourth-order valence-corrected chi connectivity index (χ4v) is 3.69. The van der Waals surface area contributed by atoms with Crippen LogP contribution in [-0.2, 0) is 19.3 Å². The number of hydrogen-bond donors (Lipinski definition) is 1. The van der Waals surface area contributed by atoms with Gasteiger partial charge >= 0.3 is 0 Å². The van der Waals surface area contributed by atoms with Crippen LogP contribution in [0.5, 0.6) is 0 Å². The van der Waals surface area contributed by atoms with Crippen LogP contribution in [-0.4, -0.2) is 9.67 Å². The topological polar surface area (TPSA) is 25.2 Å². The summed E-state index contributed by atoms with van der Waals surface area (Å²) in [6.07, 6.45) is 4.84. The van der Waals surface area contributed by atoms with Crippen molar-refractivity contribution in [3.05, 3.63) is 52.3 Å². The average Bonchev–Trinajstić information content (AvgIpc) is 2.83. The number of aliphatic hydroxyl groups excluding tert-OH is 1. The van der Waals surface area contributed by atoms with E-state index in [1.807, 2.05) is 0 Å². The number of fused-ring (bicyclic) bond motifs is 1. The molecule has 1 atom stereocenters. The largest absolute Gasteiger partial charge is 0.388 e.